The molecule has 0 aliphatic heterocycles. The lowest BCUT2D eigenvalue weighted by Gasteiger charge is -2.03. The Labute approximate surface area is 97.3 Å². The van der Waals surface area contributed by atoms with E-state index < -0.39 is 5.82 Å². The van der Waals surface area contributed by atoms with Crippen LogP contribution in [0.2, 0.25) is 10.0 Å². The number of halogens is 3. The van der Waals surface area contributed by atoms with Crippen LogP contribution < -0.4 is 0 Å². The van der Waals surface area contributed by atoms with Gasteiger partial charge in [-0.25, -0.2) is 4.39 Å². The van der Waals surface area contributed by atoms with Gasteiger partial charge in [0.25, 0.3) is 0 Å². The van der Waals surface area contributed by atoms with Crippen LogP contribution in [0.25, 0.3) is 11.1 Å². The summed E-state index contributed by atoms with van der Waals surface area (Å²) >= 11 is 11.5. The largest absolute Gasteiger partial charge is 0.205 e. The molecule has 0 aliphatic carbocycles. The van der Waals surface area contributed by atoms with Crippen LogP contribution in [0.15, 0.2) is 36.4 Å². The Balaban J connectivity index is 2.50. The minimum Gasteiger partial charge on any atom is -0.205 e. The molecule has 0 saturated carbocycles. The molecule has 0 saturated heterocycles. The molecule has 0 unspecified atom stereocenters. The topological polar surface area (TPSA) is 0 Å². The first-order valence-corrected chi connectivity index (χ1v) is 5.05. The summed E-state index contributed by atoms with van der Waals surface area (Å²) in [7, 11) is 0. The molecule has 15 heavy (non-hydrogen) atoms. The van der Waals surface area contributed by atoms with Crippen molar-refractivity contribution in [3.05, 3.63) is 58.3 Å². The first kappa shape index (κ1) is 10.5. The summed E-state index contributed by atoms with van der Waals surface area (Å²) in [5.74, 6) is -0.422. The number of benzene rings is 2. The monoisotopic (exact) mass is 239 g/mol. The SMILES string of the molecule is Fc1ccc(-c2cc[c]c(Cl)c2)cc1Cl. The van der Waals surface area contributed by atoms with Crippen molar-refractivity contribution in [3.8, 4) is 11.1 Å². The molecule has 2 aromatic rings. The highest BCUT2D eigenvalue weighted by Gasteiger charge is 2.03. The summed E-state index contributed by atoms with van der Waals surface area (Å²) in [5, 5.41) is 0.629. The molecule has 0 fully saturated rings. The fourth-order valence-corrected chi connectivity index (χ4v) is 1.65. The molecule has 2 aromatic carbocycles. The molecule has 0 atom stereocenters. The summed E-state index contributed by atoms with van der Waals surface area (Å²) < 4.78 is 12.9. The van der Waals surface area contributed by atoms with Gasteiger partial charge in [-0.1, -0.05) is 41.4 Å². The Hall–Kier alpha value is -1.05. The Morgan fingerprint density at radius 2 is 1.73 bits per heavy atom. The van der Waals surface area contributed by atoms with Gasteiger partial charge in [-0.15, -0.1) is 0 Å². The third-order valence-corrected chi connectivity index (χ3v) is 2.53. The van der Waals surface area contributed by atoms with E-state index in [-0.39, 0.29) is 5.02 Å². The summed E-state index contributed by atoms with van der Waals surface area (Å²) in [4.78, 5) is 0. The van der Waals surface area contributed by atoms with E-state index >= 15 is 0 Å². The predicted octanol–water partition coefficient (Wildman–Crippen LogP) is 4.60. The molecule has 0 aromatic heterocycles. The standard InChI is InChI=1S/C12H6Cl2F/c13-10-3-1-2-8(6-10)9-4-5-12(15)11(14)7-9/h1-2,4-7H. The minimum absolute atomic E-state index is 0.108. The van der Waals surface area contributed by atoms with Gasteiger partial charge in [0, 0.05) is 11.1 Å². The Morgan fingerprint density at radius 1 is 1.00 bits per heavy atom. The lowest BCUT2D eigenvalue weighted by molar-refractivity contribution is 0.628. The van der Waals surface area contributed by atoms with Gasteiger partial charge in [-0.05, 0) is 29.3 Å². The maximum Gasteiger partial charge on any atom is 0.141 e. The van der Waals surface area contributed by atoms with E-state index in [0.29, 0.717) is 5.02 Å². The Bertz CT molecular complexity index is 495. The lowest BCUT2D eigenvalue weighted by atomic mass is 10.1. The summed E-state index contributed by atoms with van der Waals surface area (Å²) in [6, 6.07) is 12.7. The van der Waals surface area contributed by atoms with Crippen molar-refractivity contribution < 1.29 is 4.39 Å². The van der Waals surface area contributed by atoms with Crippen LogP contribution in [0.5, 0.6) is 0 Å². The molecule has 0 nitrogen and oxygen atoms in total. The van der Waals surface area contributed by atoms with Gasteiger partial charge in [-0.3, -0.25) is 0 Å². The zero-order valence-corrected chi connectivity index (χ0v) is 9.11. The van der Waals surface area contributed by atoms with Gasteiger partial charge < -0.3 is 0 Å². The predicted molar refractivity (Wildman–Crippen MR) is 60.7 cm³/mol. The van der Waals surface area contributed by atoms with Gasteiger partial charge in [0.2, 0.25) is 0 Å². The van der Waals surface area contributed by atoms with Crippen LogP contribution in [0, 0.1) is 11.9 Å². The molecular formula is C12H6Cl2F. The van der Waals surface area contributed by atoms with E-state index in [4.69, 9.17) is 23.2 Å². The average molecular weight is 240 g/mol. The van der Waals surface area contributed by atoms with Crippen LogP contribution in [0.3, 0.4) is 0 Å². The van der Waals surface area contributed by atoms with Gasteiger partial charge in [0.05, 0.1) is 5.02 Å². The fraction of sp³-hybridized carbons (Fsp3) is 0. The zero-order chi connectivity index (χ0) is 10.8. The first-order valence-electron chi connectivity index (χ1n) is 4.29. The second-order valence-electron chi connectivity index (χ2n) is 3.05. The normalized spacial score (nSPS) is 10.3. The smallest absolute Gasteiger partial charge is 0.141 e. The first-order chi connectivity index (χ1) is 7.16. The molecule has 3 heteroatoms. The molecule has 1 radical (unpaired) electrons. The molecule has 0 N–H and O–H groups in total. The van der Waals surface area contributed by atoms with E-state index in [1.807, 2.05) is 6.07 Å². The number of hydrogen-bond donors (Lipinski definition) is 0. The summed E-state index contributed by atoms with van der Waals surface area (Å²) in [5.41, 5.74) is 1.72. The molecule has 0 aliphatic rings. The van der Waals surface area contributed by atoms with Crippen molar-refractivity contribution in [2.24, 2.45) is 0 Å². The van der Waals surface area contributed by atoms with Crippen LogP contribution >= 0.6 is 23.2 Å². The maximum absolute atomic E-state index is 12.9. The molecule has 0 bridgehead atoms. The van der Waals surface area contributed by atoms with E-state index in [1.54, 1.807) is 24.3 Å². The Morgan fingerprint density at radius 3 is 2.40 bits per heavy atom. The van der Waals surface area contributed by atoms with Crippen LogP contribution in [0.1, 0.15) is 0 Å². The van der Waals surface area contributed by atoms with Crippen LogP contribution in [-0.2, 0) is 0 Å². The minimum atomic E-state index is -0.422. The molecule has 0 heterocycles. The van der Waals surface area contributed by atoms with Gasteiger partial charge in [0.1, 0.15) is 5.82 Å². The van der Waals surface area contributed by atoms with E-state index in [0.717, 1.165) is 11.1 Å². The number of hydrogen-bond acceptors (Lipinski definition) is 0. The van der Waals surface area contributed by atoms with Crippen LogP contribution in [-0.4, -0.2) is 0 Å². The molecule has 0 spiro atoms. The number of rotatable bonds is 1. The second-order valence-corrected chi connectivity index (χ2v) is 3.87. The summed E-state index contributed by atoms with van der Waals surface area (Å²) in [6.45, 7) is 0. The fourth-order valence-electron chi connectivity index (χ4n) is 1.29. The van der Waals surface area contributed by atoms with Crippen molar-refractivity contribution in [1.82, 2.24) is 0 Å². The third-order valence-electron chi connectivity index (χ3n) is 2.02. The van der Waals surface area contributed by atoms with Gasteiger partial charge in [0.15, 0.2) is 0 Å². The Kier molecular flexibility index (Phi) is 2.94. The molecule has 75 valence electrons. The van der Waals surface area contributed by atoms with Crippen molar-refractivity contribution >= 4 is 23.2 Å². The quantitative estimate of drug-likeness (QED) is 0.683. The average Bonchev–Trinajstić information content (AvgIpc) is 2.22. The molecular weight excluding hydrogens is 234 g/mol. The highest BCUT2D eigenvalue weighted by atomic mass is 35.5. The highest BCUT2D eigenvalue weighted by Crippen LogP contribution is 2.26. The maximum atomic E-state index is 12.9. The lowest BCUT2D eigenvalue weighted by Crippen LogP contribution is -1.81. The van der Waals surface area contributed by atoms with Crippen molar-refractivity contribution in [2.75, 3.05) is 0 Å². The van der Waals surface area contributed by atoms with Gasteiger partial charge in [-0.2, -0.15) is 0 Å². The van der Waals surface area contributed by atoms with E-state index in [2.05, 4.69) is 6.07 Å². The zero-order valence-electron chi connectivity index (χ0n) is 7.60. The van der Waals surface area contributed by atoms with E-state index in [9.17, 15) is 4.39 Å². The highest BCUT2D eigenvalue weighted by molar-refractivity contribution is 6.31. The van der Waals surface area contributed by atoms with Crippen LogP contribution in [0.4, 0.5) is 4.39 Å². The summed E-state index contributed by atoms with van der Waals surface area (Å²) in [6.07, 6.45) is 0. The third kappa shape index (κ3) is 2.31. The molecule has 2 rings (SSSR count). The molecule has 0 amide bonds. The van der Waals surface area contributed by atoms with Crippen molar-refractivity contribution in [1.29, 1.82) is 0 Å². The van der Waals surface area contributed by atoms with Gasteiger partial charge >= 0.3 is 0 Å². The second kappa shape index (κ2) is 4.21. The van der Waals surface area contributed by atoms with Crippen molar-refractivity contribution in [3.63, 3.8) is 0 Å². The van der Waals surface area contributed by atoms with Crippen molar-refractivity contribution in [2.45, 2.75) is 0 Å². The van der Waals surface area contributed by atoms with E-state index in [1.165, 1.54) is 6.07 Å².